The fraction of sp³-hybridized carbons (Fsp3) is 0.368. The van der Waals surface area contributed by atoms with Crippen molar-refractivity contribution in [2.24, 2.45) is 0 Å². The highest BCUT2D eigenvalue weighted by Gasteiger charge is 2.37. The quantitative estimate of drug-likeness (QED) is 0.448. The maximum atomic E-state index is 14.2. The predicted octanol–water partition coefficient (Wildman–Crippen LogP) is 5.21. The summed E-state index contributed by atoms with van der Waals surface area (Å²) in [5.41, 5.74) is 6.24. The smallest absolute Gasteiger partial charge is 0.410 e. The van der Waals surface area contributed by atoms with E-state index in [1.165, 1.54) is 24.4 Å². The molecule has 0 saturated heterocycles. The molecule has 0 bridgehead atoms. The summed E-state index contributed by atoms with van der Waals surface area (Å²) in [7, 11) is -2.13. The number of ether oxygens (including phenoxy) is 1. The fourth-order valence-electron chi connectivity index (χ4n) is 2.11. The molecule has 0 aliphatic heterocycles. The van der Waals surface area contributed by atoms with Gasteiger partial charge in [0.15, 0.2) is 19.9 Å². The third-order valence-electron chi connectivity index (χ3n) is 4.80. The molecule has 2 aromatic rings. The highest BCUT2D eigenvalue weighted by Crippen LogP contribution is 2.39. The van der Waals surface area contributed by atoms with Crippen molar-refractivity contribution in [2.45, 2.75) is 45.5 Å². The molecule has 0 radical (unpaired) electrons. The molecule has 0 aliphatic carbocycles. The van der Waals surface area contributed by atoms with Gasteiger partial charge in [-0.2, -0.15) is 0 Å². The van der Waals surface area contributed by atoms with Gasteiger partial charge in [-0.1, -0.05) is 20.8 Å². The number of aromatic nitrogens is 1. The van der Waals surface area contributed by atoms with Crippen LogP contribution >= 0.6 is 0 Å². The first-order chi connectivity index (χ1) is 12.9. The molecule has 0 atom stereocenters. The van der Waals surface area contributed by atoms with Crippen molar-refractivity contribution >= 4 is 25.9 Å². The average molecular weight is 408 g/mol. The van der Waals surface area contributed by atoms with Gasteiger partial charge in [-0.25, -0.2) is 14.2 Å². The van der Waals surface area contributed by atoms with Crippen LogP contribution in [0.25, 0.3) is 0 Å². The molecule has 1 heterocycles. The second kappa shape index (κ2) is 8.15. The van der Waals surface area contributed by atoms with Crippen LogP contribution in [0, 0.1) is 5.82 Å². The Morgan fingerprint density at radius 2 is 1.96 bits per heavy atom. The summed E-state index contributed by atoms with van der Waals surface area (Å²) < 4.78 is 26.1. The maximum absolute atomic E-state index is 14.2. The van der Waals surface area contributed by atoms with Crippen LogP contribution in [0.4, 0.5) is 20.7 Å². The lowest BCUT2D eigenvalue weighted by Gasteiger charge is -2.36. The lowest BCUT2D eigenvalue weighted by Crippen LogP contribution is -2.40. The second-order valence-electron chi connectivity index (χ2n) is 7.91. The minimum Gasteiger partial charge on any atom is -0.465 e. The summed E-state index contributed by atoms with van der Waals surface area (Å²) in [6.45, 7) is 10.5. The summed E-state index contributed by atoms with van der Waals surface area (Å²) in [6.07, 6.45) is 0.114. The molecule has 1 aromatic heterocycles. The Labute approximate surface area is 164 Å². The lowest BCUT2D eigenvalue weighted by atomic mass is 10.2. The number of pyridine rings is 1. The Kier molecular flexibility index (Phi) is 6.30. The SMILES string of the molecule is CC(C)(C)[Si](C)(C)OCc1c(Oc2ccc(N)cc2F)ccnc1NC(=O)O. The molecular formula is C19H26FN3O4Si. The normalized spacial score (nSPS) is 11.9. The minimum absolute atomic E-state index is 0.0322. The van der Waals surface area contributed by atoms with E-state index < -0.39 is 20.2 Å². The summed E-state index contributed by atoms with van der Waals surface area (Å²) in [5, 5.41) is 11.3. The Balaban J connectivity index is 2.40. The van der Waals surface area contributed by atoms with E-state index in [2.05, 4.69) is 44.2 Å². The van der Waals surface area contributed by atoms with Crippen LogP contribution in [-0.4, -0.2) is 24.5 Å². The third kappa shape index (κ3) is 5.20. The van der Waals surface area contributed by atoms with E-state index in [4.69, 9.17) is 20.0 Å². The van der Waals surface area contributed by atoms with E-state index in [1.807, 2.05) is 0 Å². The van der Waals surface area contributed by atoms with Crippen molar-refractivity contribution in [3.63, 3.8) is 0 Å². The van der Waals surface area contributed by atoms with Crippen molar-refractivity contribution < 1.29 is 23.5 Å². The molecule has 28 heavy (non-hydrogen) atoms. The second-order valence-corrected chi connectivity index (χ2v) is 12.7. The van der Waals surface area contributed by atoms with Gasteiger partial charge in [-0.05, 0) is 36.3 Å². The summed E-state index contributed by atoms with van der Waals surface area (Å²) in [5.74, 6) is -0.322. The van der Waals surface area contributed by atoms with Crippen LogP contribution in [-0.2, 0) is 11.0 Å². The van der Waals surface area contributed by atoms with Crippen molar-refractivity contribution in [2.75, 3.05) is 11.1 Å². The monoisotopic (exact) mass is 407 g/mol. The average Bonchev–Trinajstić information content (AvgIpc) is 2.55. The first kappa shape index (κ1) is 21.6. The number of benzene rings is 1. The van der Waals surface area contributed by atoms with Crippen molar-refractivity contribution in [1.29, 1.82) is 0 Å². The Morgan fingerprint density at radius 3 is 2.54 bits per heavy atom. The van der Waals surface area contributed by atoms with Gasteiger partial charge in [-0.3, -0.25) is 5.32 Å². The van der Waals surface area contributed by atoms with Crippen LogP contribution in [0.3, 0.4) is 0 Å². The van der Waals surface area contributed by atoms with Gasteiger partial charge < -0.3 is 20.0 Å². The number of rotatable bonds is 6. The first-order valence-electron chi connectivity index (χ1n) is 8.75. The number of halogens is 1. The van der Waals surface area contributed by atoms with Gasteiger partial charge >= 0.3 is 6.09 Å². The molecule has 0 fully saturated rings. The van der Waals surface area contributed by atoms with Gasteiger partial charge in [0.25, 0.3) is 0 Å². The number of nitrogens with one attached hydrogen (secondary N) is 1. The van der Waals surface area contributed by atoms with Gasteiger partial charge in [0.2, 0.25) is 0 Å². The minimum atomic E-state index is -2.13. The number of anilines is 2. The maximum Gasteiger partial charge on any atom is 0.410 e. The zero-order chi connectivity index (χ0) is 21.1. The molecule has 0 spiro atoms. The van der Waals surface area contributed by atoms with E-state index in [0.29, 0.717) is 5.56 Å². The van der Waals surface area contributed by atoms with E-state index in [-0.39, 0.29) is 34.6 Å². The number of carbonyl (C=O) groups is 1. The molecular weight excluding hydrogens is 381 g/mol. The molecule has 1 amide bonds. The standard InChI is InChI=1S/C19H26FN3O4Si/c1-19(2,3)28(4,5)26-11-13-15(8-9-22-17(13)23-18(24)25)27-16-7-6-12(21)10-14(16)20/h6-10H,11,21H2,1-5H3,(H,22,23)(H,24,25). The van der Waals surface area contributed by atoms with Crippen molar-refractivity contribution in [3.05, 3.63) is 41.8 Å². The summed E-state index contributed by atoms with van der Waals surface area (Å²) >= 11 is 0. The van der Waals surface area contributed by atoms with Crippen LogP contribution in [0.5, 0.6) is 11.5 Å². The predicted molar refractivity (Wildman–Crippen MR) is 109 cm³/mol. The number of carboxylic acid groups (broad SMARTS) is 1. The molecule has 7 nitrogen and oxygen atoms in total. The van der Waals surface area contributed by atoms with E-state index >= 15 is 0 Å². The molecule has 0 saturated carbocycles. The Morgan fingerprint density at radius 1 is 1.29 bits per heavy atom. The first-order valence-corrected chi connectivity index (χ1v) is 11.7. The van der Waals surface area contributed by atoms with Crippen LogP contribution in [0.1, 0.15) is 26.3 Å². The van der Waals surface area contributed by atoms with Crippen molar-refractivity contribution in [1.82, 2.24) is 4.98 Å². The van der Waals surface area contributed by atoms with Gasteiger partial charge in [0.1, 0.15) is 11.6 Å². The number of nitrogens with zero attached hydrogens (tertiary/aromatic N) is 1. The largest absolute Gasteiger partial charge is 0.465 e. The van der Waals surface area contributed by atoms with E-state index in [1.54, 1.807) is 0 Å². The number of nitrogens with two attached hydrogens (primary N) is 1. The number of amides is 1. The highest BCUT2D eigenvalue weighted by atomic mass is 28.4. The van der Waals surface area contributed by atoms with Gasteiger partial charge in [0, 0.05) is 18.0 Å². The lowest BCUT2D eigenvalue weighted by molar-refractivity contribution is 0.209. The van der Waals surface area contributed by atoms with Crippen molar-refractivity contribution in [3.8, 4) is 11.5 Å². The zero-order valence-corrected chi connectivity index (χ0v) is 17.7. The van der Waals surface area contributed by atoms with Gasteiger partial charge in [-0.15, -0.1) is 0 Å². The zero-order valence-electron chi connectivity index (χ0n) is 16.7. The molecule has 0 unspecified atom stereocenters. The summed E-state index contributed by atoms with van der Waals surface area (Å²) in [4.78, 5) is 15.2. The molecule has 2 rings (SSSR count). The van der Waals surface area contributed by atoms with Gasteiger partial charge in [0.05, 0.1) is 12.2 Å². The van der Waals surface area contributed by atoms with Crippen LogP contribution in [0.2, 0.25) is 18.1 Å². The van der Waals surface area contributed by atoms with E-state index in [0.717, 1.165) is 6.07 Å². The molecule has 9 heteroatoms. The van der Waals surface area contributed by atoms with Crippen LogP contribution in [0.15, 0.2) is 30.5 Å². The number of hydrogen-bond acceptors (Lipinski definition) is 5. The number of hydrogen-bond donors (Lipinski definition) is 3. The van der Waals surface area contributed by atoms with E-state index in [9.17, 15) is 9.18 Å². The fourth-order valence-corrected chi connectivity index (χ4v) is 3.04. The van der Waals surface area contributed by atoms with Crippen LogP contribution < -0.4 is 15.8 Å². The Bertz CT molecular complexity index is 869. The number of nitrogen functional groups attached to an aromatic ring is 1. The molecule has 4 N–H and O–H groups in total. The molecule has 152 valence electrons. The Hall–Kier alpha value is -2.65. The third-order valence-corrected chi connectivity index (χ3v) is 9.28. The summed E-state index contributed by atoms with van der Waals surface area (Å²) in [6, 6.07) is 5.61. The topological polar surface area (TPSA) is 107 Å². The molecule has 0 aliphatic rings. The molecule has 1 aromatic carbocycles. The highest BCUT2D eigenvalue weighted by molar-refractivity contribution is 6.74.